The maximum atomic E-state index is 12.0. The highest BCUT2D eigenvalue weighted by Crippen LogP contribution is 2.34. The van der Waals surface area contributed by atoms with Gasteiger partial charge in [-0.25, -0.2) is 0 Å². The van der Waals surface area contributed by atoms with Crippen molar-refractivity contribution in [2.24, 2.45) is 4.99 Å². The molecule has 0 aromatic rings. The van der Waals surface area contributed by atoms with Gasteiger partial charge in [0.25, 0.3) is 0 Å². The monoisotopic (exact) mass is 322 g/mol. The number of ether oxygens (including phenoxy) is 1. The van der Waals surface area contributed by atoms with Crippen LogP contribution >= 0.6 is 0 Å². The molecule has 6 nitrogen and oxygen atoms in total. The molecule has 3 rings (SSSR count). The molecule has 0 aromatic heterocycles. The van der Waals surface area contributed by atoms with Crippen LogP contribution in [-0.4, -0.2) is 49.8 Å². The number of amides is 1. The molecule has 2 aliphatic heterocycles. The maximum Gasteiger partial charge on any atom is 0.221 e. The van der Waals surface area contributed by atoms with Crippen molar-refractivity contribution in [2.45, 2.75) is 82.1 Å². The Hall–Kier alpha value is -1.30. The lowest BCUT2D eigenvalue weighted by molar-refractivity contribution is -0.121. The fourth-order valence-corrected chi connectivity index (χ4v) is 4.00. The van der Waals surface area contributed by atoms with Crippen molar-refractivity contribution in [1.82, 2.24) is 16.0 Å². The quantitative estimate of drug-likeness (QED) is 0.527. The number of nitrogens with zero attached hydrogens (tertiary/aromatic N) is 1. The number of fused-ring (bicyclic) bond motifs is 2. The molecule has 6 heteroatoms. The second-order valence-electron chi connectivity index (χ2n) is 7.01. The third kappa shape index (κ3) is 4.59. The second kappa shape index (κ2) is 7.99. The van der Waals surface area contributed by atoms with Gasteiger partial charge in [0.2, 0.25) is 5.91 Å². The second-order valence-corrected chi connectivity index (χ2v) is 7.01. The summed E-state index contributed by atoms with van der Waals surface area (Å²) < 4.78 is 5.85. The van der Waals surface area contributed by atoms with Crippen molar-refractivity contribution in [3.63, 3.8) is 0 Å². The minimum Gasteiger partial charge on any atom is -0.373 e. The van der Waals surface area contributed by atoms with E-state index in [0.717, 1.165) is 31.6 Å². The molecule has 23 heavy (non-hydrogen) atoms. The predicted octanol–water partition coefficient (Wildman–Crippen LogP) is 1.31. The van der Waals surface area contributed by atoms with Crippen molar-refractivity contribution < 1.29 is 9.53 Å². The fourth-order valence-electron chi connectivity index (χ4n) is 4.00. The highest BCUT2D eigenvalue weighted by Gasteiger charge is 2.41. The minimum atomic E-state index is 0.142. The van der Waals surface area contributed by atoms with Gasteiger partial charge in [0, 0.05) is 26.1 Å². The van der Waals surface area contributed by atoms with Crippen molar-refractivity contribution in [3.05, 3.63) is 0 Å². The molecule has 1 saturated carbocycles. The molecule has 130 valence electrons. The number of guanidine groups is 1. The highest BCUT2D eigenvalue weighted by molar-refractivity contribution is 5.81. The molecule has 0 radical (unpaired) electrons. The molecule has 3 aliphatic rings. The van der Waals surface area contributed by atoms with E-state index >= 15 is 0 Å². The summed E-state index contributed by atoms with van der Waals surface area (Å²) in [6.07, 6.45) is 10.7. The zero-order chi connectivity index (χ0) is 16.1. The lowest BCUT2D eigenvalue weighted by Gasteiger charge is -2.24. The van der Waals surface area contributed by atoms with E-state index in [2.05, 4.69) is 20.9 Å². The van der Waals surface area contributed by atoms with Crippen molar-refractivity contribution in [1.29, 1.82) is 0 Å². The van der Waals surface area contributed by atoms with Gasteiger partial charge in [0.15, 0.2) is 5.96 Å². The van der Waals surface area contributed by atoms with Crippen molar-refractivity contribution in [3.8, 4) is 0 Å². The Balaban J connectivity index is 1.33. The van der Waals surface area contributed by atoms with E-state index in [1.807, 2.05) is 0 Å². The largest absolute Gasteiger partial charge is 0.373 e. The van der Waals surface area contributed by atoms with Crippen molar-refractivity contribution in [2.75, 3.05) is 13.6 Å². The van der Waals surface area contributed by atoms with Gasteiger partial charge < -0.3 is 20.7 Å². The minimum absolute atomic E-state index is 0.142. The van der Waals surface area contributed by atoms with E-state index in [1.165, 1.54) is 25.7 Å². The third-order valence-electron chi connectivity index (χ3n) is 5.27. The molecular weight excluding hydrogens is 292 g/mol. The Morgan fingerprint density at radius 1 is 1.13 bits per heavy atom. The molecule has 2 bridgehead atoms. The topological polar surface area (TPSA) is 74.8 Å². The first-order valence-corrected chi connectivity index (χ1v) is 9.16. The SMILES string of the molecule is CN=C(NCCC(=O)NC1CCCCC1)NC1CC2CCC1O2. The van der Waals surface area contributed by atoms with Gasteiger partial charge in [-0.2, -0.15) is 0 Å². The van der Waals surface area contributed by atoms with Crippen LogP contribution in [0.25, 0.3) is 0 Å². The van der Waals surface area contributed by atoms with E-state index in [1.54, 1.807) is 7.05 Å². The number of carbonyl (C=O) groups is 1. The molecule has 3 unspecified atom stereocenters. The van der Waals surface area contributed by atoms with Gasteiger partial charge in [-0.1, -0.05) is 19.3 Å². The molecule has 3 atom stereocenters. The molecule has 2 saturated heterocycles. The molecule has 3 N–H and O–H groups in total. The Morgan fingerprint density at radius 2 is 1.96 bits per heavy atom. The van der Waals surface area contributed by atoms with Gasteiger partial charge >= 0.3 is 0 Å². The van der Waals surface area contributed by atoms with Crippen molar-refractivity contribution >= 4 is 11.9 Å². The van der Waals surface area contributed by atoms with Crippen LogP contribution in [0.4, 0.5) is 0 Å². The zero-order valence-corrected chi connectivity index (χ0v) is 14.1. The summed E-state index contributed by atoms with van der Waals surface area (Å²) in [5, 5.41) is 9.83. The van der Waals surface area contributed by atoms with Gasteiger partial charge in [-0.05, 0) is 32.1 Å². The number of carbonyl (C=O) groups excluding carboxylic acids is 1. The van der Waals surface area contributed by atoms with E-state index in [-0.39, 0.29) is 5.91 Å². The van der Waals surface area contributed by atoms with Crippen LogP contribution in [0.5, 0.6) is 0 Å². The number of aliphatic imine (C=N–C) groups is 1. The van der Waals surface area contributed by atoms with E-state index in [4.69, 9.17) is 4.74 Å². The first kappa shape index (κ1) is 16.6. The summed E-state index contributed by atoms with van der Waals surface area (Å²) in [7, 11) is 1.77. The number of hydrogen-bond donors (Lipinski definition) is 3. The number of hydrogen-bond acceptors (Lipinski definition) is 3. The van der Waals surface area contributed by atoms with E-state index < -0.39 is 0 Å². The molecule has 2 heterocycles. The fraction of sp³-hybridized carbons (Fsp3) is 0.882. The summed E-state index contributed by atoms with van der Waals surface area (Å²) in [5.74, 6) is 0.916. The van der Waals surface area contributed by atoms with E-state index in [9.17, 15) is 4.79 Å². The lowest BCUT2D eigenvalue weighted by atomic mass is 9.95. The summed E-state index contributed by atoms with van der Waals surface area (Å²) >= 11 is 0. The first-order valence-electron chi connectivity index (χ1n) is 9.16. The van der Waals surface area contributed by atoms with Gasteiger partial charge in [-0.3, -0.25) is 9.79 Å². The zero-order valence-electron chi connectivity index (χ0n) is 14.1. The van der Waals surface area contributed by atoms with Gasteiger partial charge in [0.1, 0.15) is 0 Å². The van der Waals surface area contributed by atoms with Crippen LogP contribution in [-0.2, 0) is 9.53 Å². The van der Waals surface area contributed by atoms with Crippen LogP contribution in [0.3, 0.4) is 0 Å². The van der Waals surface area contributed by atoms with Crippen LogP contribution < -0.4 is 16.0 Å². The maximum absolute atomic E-state index is 12.0. The third-order valence-corrected chi connectivity index (χ3v) is 5.27. The Morgan fingerprint density at radius 3 is 2.61 bits per heavy atom. The molecule has 0 aromatic carbocycles. The van der Waals surface area contributed by atoms with Crippen LogP contribution in [0.2, 0.25) is 0 Å². The Bertz CT molecular complexity index is 434. The molecule has 0 spiro atoms. The summed E-state index contributed by atoms with van der Waals surface area (Å²) in [4.78, 5) is 16.3. The smallest absolute Gasteiger partial charge is 0.221 e. The molecular formula is C17H30N4O2. The summed E-state index contributed by atoms with van der Waals surface area (Å²) in [6.45, 7) is 0.611. The number of nitrogens with one attached hydrogen (secondary N) is 3. The molecule has 1 aliphatic carbocycles. The molecule has 1 amide bonds. The predicted molar refractivity (Wildman–Crippen MR) is 90.4 cm³/mol. The van der Waals surface area contributed by atoms with Gasteiger partial charge in [0.05, 0.1) is 18.2 Å². The average Bonchev–Trinajstić information content (AvgIpc) is 3.17. The number of rotatable bonds is 5. The standard InChI is InChI=1S/C17H30N4O2/c1-18-17(21-14-11-13-7-8-15(14)23-13)19-10-9-16(22)20-12-5-3-2-4-6-12/h12-15H,2-11H2,1H3,(H,20,22)(H2,18,19,21). The Labute approximate surface area is 138 Å². The average molecular weight is 322 g/mol. The van der Waals surface area contributed by atoms with Crippen LogP contribution in [0.1, 0.15) is 57.8 Å². The van der Waals surface area contributed by atoms with Crippen LogP contribution in [0.15, 0.2) is 4.99 Å². The normalized spacial score (nSPS) is 31.2. The first-order chi connectivity index (χ1) is 11.2. The lowest BCUT2D eigenvalue weighted by Crippen LogP contribution is -2.48. The Kier molecular flexibility index (Phi) is 5.75. The van der Waals surface area contributed by atoms with Gasteiger partial charge in [-0.15, -0.1) is 0 Å². The summed E-state index contributed by atoms with van der Waals surface area (Å²) in [5.41, 5.74) is 0. The van der Waals surface area contributed by atoms with E-state index in [0.29, 0.717) is 37.3 Å². The summed E-state index contributed by atoms with van der Waals surface area (Å²) in [6, 6.07) is 0.746. The van der Waals surface area contributed by atoms with Crippen LogP contribution in [0, 0.1) is 0 Å². The molecule has 3 fully saturated rings. The highest BCUT2D eigenvalue weighted by atomic mass is 16.5.